The van der Waals surface area contributed by atoms with E-state index in [9.17, 15) is 18.0 Å². The maximum Gasteiger partial charge on any atom is 0.264 e. The number of aryl methyl sites for hydroxylation is 1. The Hall–Kier alpha value is -4.83. The Labute approximate surface area is 270 Å². The highest BCUT2D eigenvalue weighted by Gasteiger charge is 2.35. The molecule has 10 heteroatoms. The highest BCUT2D eigenvalue weighted by molar-refractivity contribution is 7.92. The van der Waals surface area contributed by atoms with E-state index < -0.39 is 28.5 Å². The van der Waals surface area contributed by atoms with Crippen LogP contribution in [-0.2, 0) is 32.6 Å². The van der Waals surface area contributed by atoms with Crippen molar-refractivity contribution in [1.29, 1.82) is 0 Å². The number of fused-ring (bicyclic) bond motifs is 1. The number of hydrogen-bond acceptors (Lipinski definition) is 6. The first-order chi connectivity index (χ1) is 22.1. The monoisotopic (exact) mass is 641 g/mol. The summed E-state index contributed by atoms with van der Waals surface area (Å²) in [6.07, 6.45) is 0.242. The first-order valence-corrected chi connectivity index (χ1v) is 16.7. The number of nitrogens with zero attached hydrogens (tertiary/aromatic N) is 2. The van der Waals surface area contributed by atoms with E-state index in [0.29, 0.717) is 24.7 Å². The second-order valence-electron chi connectivity index (χ2n) is 11.5. The summed E-state index contributed by atoms with van der Waals surface area (Å²) < 4.78 is 40.9. The van der Waals surface area contributed by atoms with Crippen LogP contribution in [0.2, 0.25) is 0 Å². The molecule has 0 aromatic heterocycles. The smallest absolute Gasteiger partial charge is 0.264 e. The molecule has 2 amide bonds. The number of nitrogens with one attached hydrogen (secondary N) is 1. The number of ether oxygens (including phenoxy) is 2. The quantitative estimate of drug-likeness (QED) is 0.230. The maximum absolute atomic E-state index is 14.6. The molecule has 1 unspecified atom stereocenters. The first-order valence-electron chi connectivity index (χ1n) is 15.3. The van der Waals surface area contributed by atoms with Crippen LogP contribution in [0.4, 0.5) is 5.69 Å². The molecule has 1 atom stereocenters. The van der Waals surface area contributed by atoms with Crippen molar-refractivity contribution in [2.75, 3.05) is 24.1 Å². The van der Waals surface area contributed by atoms with Gasteiger partial charge in [-0.2, -0.15) is 0 Å². The molecule has 0 bridgehead atoms. The van der Waals surface area contributed by atoms with Crippen molar-refractivity contribution in [1.82, 2.24) is 10.2 Å². The molecule has 0 saturated carbocycles. The van der Waals surface area contributed by atoms with Gasteiger partial charge in [-0.3, -0.25) is 13.9 Å². The summed E-state index contributed by atoms with van der Waals surface area (Å²) in [6, 6.07) is 28.9. The third kappa shape index (κ3) is 7.87. The molecule has 0 radical (unpaired) electrons. The van der Waals surface area contributed by atoms with Crippen molar-refractivity contribution in [2.24, 2.45) is 0 Å². The molecule has 5 rings (SSSR count). The molecular formula is C36H39N3O6S. The molecule has 240 valence electrons. The van der Waals surface area contributed by atoms with Gasteiger partial charge in [0.15, 0.2) is 11.5 Å². The van der Waals surface area contributed by atoms with Gasteiger partial charge in [0.05, 0.1) is 10.6 Å². The third-order valence-electron chi connectivity index (χ3n) is 7.56. The fourth-order valence-electron chi connectivity index (χ4n) is 5.38. The Balaban J connectivity index is 1.59. The van der Waals surface area contributed by atoms with E-state index in [2.05, 4.69) is 5.32 Å². The van der Waals surface area contributed by atoms with Crippen molar-refractivity contribution in [3.05, 3.63) is 120 Å². The predicted molar refractivity (Wildman–Crippen MR) is 177 cm³/mol. The molecule has 4 aromatic rings. The summed E-state index contributed by atoms with van der Waals surface area (Å²) in [5.41, 5.74) is 2.93. The Morgan fingerprint density at radius 2 is 1.46 bits per heavy atom. The van der Waals surface area contributed by atoms with Gasteiger partial charge >= 0.3 is 0 Å². The van der Waals surface area contributed by atoms with Gasteiger partial charge in [0.1, 0.15) is 25.8 Å². The largest absolute Gasteiger partial charge is 0.486 e. The van der Waals surface area contributed by atoms with Gasteiger partial charge in [-0.1, -0.05) is 78.4 Å². The lowest BCUT2D eigenvalue weighted by atomic mass is 10.0. The van der Waals surface area contributed by atoms with Gasteiger partial charge in [0.25, 0.3) is 10.0 Å². The molecule has 1 N–H and O–H groups in total. The van der Waals surface area contributed by atoms with Gasteiger partial charge in [0.2, 0.25) is 11.8 Å². The molecule has 0 spiro atoms. The van der Waals surface area contributed by atoms with E-state index in [4.69, 9.17) is 9.47 Å². The lowest BCUT2D eigenvalue weighted by molar-refractivity contribution is -0.140. The Bertz CT molecular complexity index is 1760. The first kappa shape index (κ1) is 32.6. The molecule has 4 aromatic carbocycles. The number of anilines is 1. The summed E-state index contributed by atoms with van der Waals surface area (Å²) in [4.78, 5) is 29.9. The van der Waals surface area contributed by atoms with Crippen LogP contribution in [0.15, 0.2) is 108 Å². The van der Waals surface area contributed by atoms with Gasteiger partial charge in [-0.25, -0.2) is 8.42 Å². The minimum atomic E-state index is -4.22. The van der Waals surface area contributed by atoms with Gasteiger partial charge in [-0.15, -0.1) is 0 Å². The van der Waals surface area contributed by atoms with Crippen molar-refractivity contribution < 1.29 is 27.5 Å². The summed E-state index contributed by atoms with van der Waals surface area (Å²) in [6.45, 7) is 5.93. The molecule has 9 nitrogen and oxygen atoms in total. The highest BCUT2D eigenvalue weighted by Crippen LogP contribution is 2.36. The predicted octanol–water partition coefficient (Wildman–Crippen LogP) is 5.13. The topological polar surface area (TPSA) is 105 Å². The van der Waals surface area contributed by atoms with E-state index in [-0.39, 0.29) is 35.5 Å². The Morgan fingerprint density at radius 3 is 2.13 bits per heavy atom. The number of rotatable bonds is 12. The lowest BCUT2D eigenvalue weighted by Gasteiger charge is -2.34. The van der Waals surface area contributed by atoms with Crippen LogP contribution in [-0.4, -0.2) is 57.0 Å². The molecule has 1 aliphatic heterocycles. The second-order valence-corrected chi connectivity index (χ2v) is 13.4. The van der Waals surface area contributed by atoms with Crippen LogP contribution in [0.25, 0.3) is 0 Å². The summed E-state index contributed by atoms with van der Waals surface area (Å²) in [7, 11) is -4.22. The van der Waals surface area contributed by atoms with Crippen LogP contribution >= 0.6 is 0 Å². The minimum Gasteiger partial charge on any atom is -0.486 e. The number of amides is 2. The van der Waals surface area contributed by atoms with Crippen molar-refractivity contribution in [3.63, 3.8) is 0 Å². The summed E-state index contributed by atoms with van der Waals surface area (Å²) in [5, 5.41) is 2.98. The van der Waals surface area contributed by atoms with Gasteiger partial charge in [0, 0.05) is 25.1 Å². The molecule has 0 saturated heterocycles. The standard InChI is InChI=1S/C36H39N3O6S/c1-26(2)37-36(41)32(22-28-12-6-4-7-13-28)38(24-29-14-10-11-27(3)21-29)35(40)25-39(46(42,43)31-15-8-5-9-16-31)30-17-18-33-34(23-30)45-20-19-44-33/h4-18,21,23,26,32H,19-20,22,24-25H2,1-3H3,(H,37,41). The van der Waals surface area contributed by atoms with Crippen LogP contribution < -0.4 is 19.1 Å². The SMILES string of the molecule is Cc1cccc(CN(C(=O)CN(c2ccc3c(c2)OCCO3)S(=O)(=O)c2ccccc2)C(Cc2ccccc2)C(=O)NC(C)C)c1. The maximum atomic E-state index is 14.6. The third-order valence-corrected chi connectivity index (χ3v) is 9.35. The number of benzene rings is 4. The normalized spacial score (nSPS) is 13.1. The van der Waals surface area contributed by atoms with Gasteiger partial charge < -0.3 is 19.7 Å². The van der Waals surface area contributed by atoms with E-state index >= 15 is 0 Å². The Kier molecular flexibility index (Phi) is 10.3. The molecule has 1 aliphatic rings. The van der Waals surface area contributed by atoms with Gasteiger partial charge in [-0.05, 0) is 56.2 Å². The molecule has 1 heterocycles. The van der Waals surface area contributed by atoms with E-state index in [1.54, 1.807) is 36.4 Å². The average Bonchev–Trinajstić information content (AvgIpc) is 3.05. The zero-order valence-corrected chi connectivity index (χ0v) is 27.1. The van der Waals surface area contributed by atoms with Crippen molar-refractivity contribution in [3.8, 4) is 11.5 Å². The Morgan fingerprint density at radius 1 is 0.804 bits per heavy atom. The molecular weight excluding hydrogens is 602 g/mol. The molecule has 0 fully saturated rings. The lowest BCUT2D eigenvalue weighted by Crippen LogP contribution is -2.54. The average molecular weight is 642 g/mol. The number of hydrogen-bond donors (Lipinski definition) is 1. The minimum absolute atomic E-state index is 0.0290. The fourth-order valence-corrected chi connectivity index (χ4v) is 6.80. The van der Waals surface area contributed by atoms with Crippen LogP contribution in [0.1, 0.15) is 30.5 Å². The van der Waals surface area contributed by atoms with Crippen molar-refractivity contribution in [2.45, 2.75) is 50.7 Å². The fraction of sp³-hybridized carbons (Fsp3) is 0.278. The number of carbonyl (C=O) groups is 2. The molecule has 0 aliphatic carbocycles. The number of sulfonamides is 1. The van der Waals surface area contributed by atoms with Crippen LogP contribution in [0.3, 0.4) is 0 Å². The summed E-state index contributed by atoms with van der Waals surface area (Å²) in [5.74, 6) is 0.0273. The van der Waals surface area contributed by atoms with Crippen LogP contribution in [0.5, 0.6) is 11.5 Å². The highest BCUT2D eigenvalue weighted by atomic mass is 32.2. The summed E-state index contributed by atoms with van der Waals surface area (Å²) >= 11 is 0. The van der Waals surface area contributed by atoms with E-state index in [1.807, 2.05) is 75.4 Å². The van der Waals surface area contributed by atoms with Crippen molar-refractivity contribution >= 4 is 27.5 Å². The van der Waals surface area contributed by atoms with E-state index in [1.165, 1.54) is 17.0 Å². The second kappa shape index (κ2) is 14.5. The molecule has 46 heavy (non-hydrogen) atoms. The number of carbonyl (C=O) groups excluding carboxylic acids is 2. The van der Waals surface area contributed by atoms with E-state index in [0.717, 1.165) is 21.0 Å². The van der Waals surface area contributed by atoms with Crippen LogP contribution in [0, 0.1) is 6.92 Å². The zero-order chi connectivity index (χ0) is 32.7. The zero-order valence-electron chi connectivity index (χ0n) is 26.3.